The van der Waals surface area contributed by atoms with Crippen molar-refractivity contribution in [3.63, 3.8) is 0 Å². The third-order valence-electron chi connectivity index (χ3n) is 3.87. The van der Waals surface area contributed by atoms with Gasteiger partial charge in [-0.1, -0.05) is 23.7 Å². The zero-order valence-electron chi connectivity index (χ0n) is 13.3. The molecule has 0 radical (unpaired) electrons. The molecule has 7 nitrogen and oxygen atoms in total. The molecular weight excluding hydrogens is 366 g/mol. The van der Waals surface area contributed by atoms with Gasteiger partial charge in [0.15, 0.2) is 0 Å². The molecule has 1 aromatic carbocycles. The van der Waals surface area contributed by atoms with Crippen molar-refractivity contribution >= 4 is 40.8 Å². The Morgan fingerprint density at radius 2 is 1.92 bits per heavy atom. The van der Waals surface area contributed by atoms with E-state index in [1.54, 1.807) is 37.3 Å². The van der Waals surface area contributed by atoms with Gasteiger partial charge >= 0.3 is 6.03 Å². The number of hydrazine groups is 1. The number of amides is 4. The molecule has 2 aromatic rings. The summed E-state index contributed by atoms with van der Waals surface area (Å²) in [6, 6.07) is 9.11. The van der Waals surface area contributed by atoms with E-state index in [2.05, 4.69) is 10.7 Å². The Labute approximate surface area is 152 Å². The Balaban J connectivity index is 1.82. The Morgan fingerprint density at radius 1 is 1.24 bits per heavy atom. The molecule has 2 heterocycles. The van der Waals surface area contributed by atoms with Crippen LogP contribution in [0.5, 0.6) is 5.75 Å². The van der Waals surface area contributed by atoms with Crippen molar-refractivity contribution in [3.05, 3.63) is 51.2 Å². The van der Waals surface area contributed by atoms with Crippen molar-refractivity contribution < 1.29 is 19.1 Å². The first-order valence-electron chi connectivity index (χ1n) is 7.22. The van der Waals surface area contributed by atoms with Crippen molar-refractivity contribution in [1.29, 1.82) is 0 Å². The topological polar surface area (TPSA) is 87.7 Å². The maximum Gasteiger partial charge on any atom is 0.344 e. The van der Waals surface area contributed by atoms with Gasteiger partial charge in [-0.25, -0.2) is 4.79 Å². The molecule has 25 heavy (non-hydrogen) atoms. The fourth-order valence-corrected chi connectivity index (χ4v) is 3.39. The van der Waals surface area contributed by atoms with Crippen LogP contribution >= 0.6 is 22.9 Å². The van der Waals surface area contributed by atoms with E-state index in [1.807, 2.05) is 0 Å². The standard InChI is InChI=1S/C16H14ClN3O4S/c1-16(9-3-5-10(24-2)6-4-9)14(22)20(15(23)18-16)19-13(21)11-7-8-12(17)25-11/h3-8H,1-2H3,(H,18,23)(H,19,21)/t16-/m0/s1. The van der Waals surface area contributed by atoms with Crippen LogP contribution in [-0.2, 0) is 10.3 Å². The molecular formula is C16H14ClN3O4S. The van der Waals surface area contributed by atoms with Crippen LogP contribution in [0, 0.1) is 0 Å². The molecule has 0 saturated carbocycles. The minimum atomic E-state index is -1.29. The highest BCUT2D eigenvalue weighted by Crippen LogP contribution is 2.29. The van der Waals surface area contributed by atoms with Crippen LogP contribution in [-0.4, -0.2) is 30.0 Å². The number of benzene rings is 1. The lowest BCUT2D eigenvalue weighted by Crippen LogP contribution is -2.47. The molecule has 4 amide bonds. The summed E-state index contributed by atoms with van der Waals surface area (Å²) in [6.45, 7) is 1.57. The van der Waals surface area contributed by atoms with Gasteiger partial charge in [0.1, 0.15) is 11.3 Å². The van der Waals surface area contributed by atoms with E-state index in [1.165, 1.54) is 13.2 Å². The third-order valence-corrected chi connectivity index (χ3v) is 5.10. The number of halogens is 1. The molecule has 1 fully saturated rings. The smallest absolute Gasteiger partial charge is 0.344 e. The second-order valence-electron chi connectivity index (χ2n) is 5.47. The number of ether oxygens (including phenoxy) is 1. The number of rotatable bonds is 4. The normalized spacial score (nSPS) is 19.7. The summed E-state index contributed by atoms with van der Waals surface area (Å²) in [5.41, 5.74) is 1.60. The van der Waals surface area contributed by atoms with Gasteiger partial charge in [-0.15, -0.1) is 11.3 Å². The average Bonchev–Trinajstić information content (AvgIpc) is 3.13. The van der Waals surface area contributed by atoms with Crippen LogP contribution in [0.1, 0.15) is 22.2 Å². The molecule has 0 unspecified atom stereocenters. The first-order valence-corrected chi connectivity index (χ1v) is 8.42. The van der Waals surface area contributed by atoms with Crippen molar-refractivity contribution in [2.24, 2.45) is 0 Å². The van der Waals surface area contributed by atoms with Crippen molar-refractivity contribution in [1.82, 2.24) is 15.8 Å². The second kappa shape index (κ2) is 6.38. The number of hydrogen-bond donors (Lipinski definition) is 2. The summed E-state index contributed by atoms with van der Waals surface area (Å²) in [7, 11) is 1.54. The van der Waals surface area contributed by atoms with Gasteiger partial charge in [0.05, 0.1) is 16.3 Å². The van der Waals surface area contributed by atoms with E-state index < -0.39 is 23.4 Å². The first kappa shape index (κ1) is 17.2. The van der Waals surface area contributed by atoms with Gasteiger partial charge < -0.3 is 10.1 Å². The molecule has 0 bridgehead atoms. The van der Waals surface area contributed by atoms with E-state index in [-0.39, 0.29) is 0 Å². The summed E-state index contributed by atoms with van der Waals surface area (Å²) in [5.74, 6) is -0.540. The van der Waals surface area contributed by atoms with Crippen LogP contribution in [0.4, 0.5) is 4.79 Å². The number of methoxy groups -OCH3 is 1. The zero-order valence-corrected chi connectivity index (χ0v) is 14.9. The fraction of sp³-hybridized carbons (Fsp3) is 0.188. The summed E-state index contributed by atoms with van der Waals surface area (Å²) in [5, 5.41) is 3.29. The van der Waals surface area contributed by atoms with Crippen LogP contribution < -0.4 is 15.5 Å². The Hall–Kier alpha value is -2.58. The van der Waals surface area contributed by atoms with E-state index in [0.717, 1.165) is 11.3 Å². The zero-order chi connectivity index (χ0) is 18.2. The molecule has 0 spiro atoms. The van der Waals surface area contributed by atoms with Crippen LogP contribution in [0.3, 0.4) is 0 Å². The number of carbonyl (C=O) groups is 3. The quantitative estimate of drug-likeness (QED) is 0.799. The fourth-order valence-electron chi connectivity index (χ4n) is 2.45. The van der Waals surface area contributed by atoms with Crippen molar-refractivity contribution in [2.75, 3.05) is 7.11 Å². The van der Waals surface area contributed by atoms with E-state index in [9.17, 15) is 14.4 Å². The van der Waals surface area contributed by atoms with E-state index >= 15 is 0 Å². The molecule has 3 rings (SSSR count). The predicted molar refractivity (Wildman–Crippen MR) is 92.5 cm³/mol. The number of carbonyl (C=O) groups excluding carboxylic acids is 3. The average molecular weight is 380 g/mol. The molecule has 2 N–H and O–H groups in total. The lowest BCUT2D eigenvalue weighted by molar-refractivity contribution is -0.132. The molecule has 1 atom stereocenters. The van der Waals surface area contributed by atoms with Gasteiger partial charge in [0.2, 0.25) is 0 Å². The van der Waals surface area contributed by atoms with Crippen LogP contribution in [0.2, 0.25) is 4.34 Å². The van der Waals surface area contributed by atoms with Gasteiger partial charge in [0.25, 0.3) is 11.8 Å². The largest absolute Gasteiger partial charge is 0.497 e. The van der Waals surface area contributed by atoms with E-state index in [4.69, 9.17) is 16.3 Å². The summed E-state index contributed by atoms with van der Waals surface area (Å²) in [4.78, 5) is 37.4. The molecule has 1 aliphatic rings. The van der Waals surface area contributed by atoms with Gasteiger partial charge in [-0.2, -0.15) is 5.01 Å². The number of hydrogen-bond acceptors (Lipinski definition) is 5. The van der Waals surface area contributed by atoms with Crippen molar-refractivity contribution in [2.45, 2.75) is 12.5 Å². The van der Waals surface area contributed by atoms with Crippen molar-refractivity contribution in [3.8, 4) is 5.75 Å². The number of nitrogens with one attached hydrogen (secondary N) is 2. The molecule has 1 aliphatic heterocycles. The molecule has 130 valence electrons. The molecule has 9 heteroatoms. The molecule has 1 aromatic heterocycles. The highest BCUT2D eigenvalue weighted by atomic mass is 35.5. The monoisotopic (exact) mass is 379 g/mol. The Bertz CT molecular complexity index is 851. The SMILES string of the molecule is COc1ccc([C@]2(C)NC(=O)N(NC(=O)c3ccc(Cl)s3)C2=O)cc1. The third kappa shape index (κ3) is 3.06. The highest BCUT2D eigenvalue weighted by Gasteiger charge is 2.50. The highest BCUT2D eigenvalue weighted by molar-refractivity contribution is 7.18. The number of imide groups is 1. The van der Waals surface area contributed by atoms with Gasteiger partial charge in [-0.3, -0.25) is 15.0 Å². The molecule has 0 aliphatic carbocycles. The predicted octanol–water partition coefficient (Wildman–Crippen LogP) is 2.52. The minimum absolute atomic E-state index is 0.295. The Kier molecular flexibility index (Phi) is 4.40. The lowest BCUT2D eigenvalue weighted by atomic mass is 9.92. The number of urea groups is 1. The first-order chi connectivity index (χ1) is 11.8. The molecule has 1 saturated heterocycles. The lowest BCUT2D eigenvalue weighted by Gasteiger charge is -2.22. The second-order valence-corrected chi connectivity index (χ2v) is 7.18. The van der Waals surface area contributed by atoms with E-state index in [0.29, 0.717) is 25.5 Å². The van der Waals surface area contributed by atoms with Crippen LogP contribution in [0.15, 0.2) is 36.4 Å². The van der Waals surface area contributed by atoms with Crippen LogP contribution in [0.25, 0.3) is 0 Å². The summed E-state index contributed by atoms with van der Waals surface area (Å²) >= 11 is 6.85. The minimum Gasteiger partial charge on any atom is -0.497 e. The summed E-state index contributed by atoms with van der Waals surface area (Å²) in [6.07, 6.45) is 0. The van der Waals surface area contributed by atoms with Gasteiger partial charge in [0, 0.05) is 0 Å². The Morgan fingerprint density at radius 3 is 2.48 bits per heavy atom. The number of thiophene rings is 1. The maximum atomic E-state index is 12.7. The van der Waals surface area contributed by atoms with Gasteiger partial charge in [-0.05, 0) is 36.8 Å². The maximum absolute atomic E-state index is 12.7. The number of nitrogens with zero attached hydrogens (tertiary/aromatic N) is 1. The summed E-state index contributed by atoms with van der Waals surface area (Å²) < 4.78 is 5.52.